The number of rotatable bonds is 5. The van der Waals surface area contributed by atoms with Crippen LogP contribution in [0.1, 0.15) is 59.3 Å². The van der Waals surface area contributed by atoms with Crippen LogP contribution in [-0.4, -0.2) is 36.9 Å². The van der Waals surface area contributed by atoms with Gasteiger partial charge in [-0.2, -0.15) is 0 Å². The second kappa shape index (κ2) is 8.57. The van der Waals surface area contributed by atoms with Gasteiger partial charge in [-0.15, -0.1) is 0 Å². The molecule has 132 valence electrons. The smallest absolute Gasteiger partial charge is 0.407 e. The molecule has 0 aromatic heterocycles. The van der Waals surface area contributed by atoms with Crippen LogP contribution < -0.4 is 10.6 Å². The fourth-order valence-corrected chi connectivity index (χ4v) is 3.27. The molecule has 2 N–H and O–H groups in total. The van der Waals surface area contributed by atoms with E-state index in [-0.39, 0.29) is 12.2 Å². The van der Waals surface area contributed by atoms with Gasteiger partial charge in [-0.3, -0.25) is 0 Å². The molecule has 3 atom stereocenters. The maximum Gasteiger partial charge on any atom is 0.407 e. The van der Waals surface area contributed by atoms with Crippen molar-refractivity contribution in [2.24, 2.45) is 5.92 Å². The molecule has 5 heteroatoms. The Hall–Kier alpha value is -1.23. The van der Waals surface area contributed by atoms with Crippen molar-refractivity contribution in [3.8, 4) is 0 Å². The quantitative estimate of drug-likeness (QED) is 0.814. The molecule has 1 aliphatic carbocycles. The van der Waals surface area contributed by atoms with Gasteiger partial charge in [0.05, 0.1) is 6.26 Å². The maximum absolute atomic E-state index is 11.8. The van der Waals surface area contributed by atoms with Crippen molar-refractivity contribution in [1.29, 1.82) is 0 Å². The zero-order valence-electron chi connectivity index (χ0n) is 14.8. The Morgan fingerprint density at radius 2 is 2.00 bits per heavy atom. The number of carbonyl (C=O) groups is 1. The minimum Gasteiger partial charge on any atom is -0.497 e. The molecule has 1 heterocycles. The number of allylic oxidation sites excluding steroid dienone is 1. The van der Waals surface area contributed by atoms with E-state index in [9.17, 15) is 4.79 Å². The van der Waals surface area contributed by atoms with E-state index in [4.69, 9.17) is 9.47 Å². The topological polar surface area (TPSA) is 59.6 Å². The summed E-state index contributed by atoms with van der Waals surface area (Å²) in [5, 5.41) is 6.60. The minimum atomic E-state index is -0.444. The van der Waals surface area contributed by atoms with Crippen molar-refractivity contribution in [3.63, 3.8) is 0 Å². The molecule has 1 aliphatic heterocycles. The Labute approximate surface area is 140 Å². The predicted octanol–water partition coefficient (Wildman–Crippen LogP) is 3.35. The number of ether oxygens (including phenoxy) is 2. The highest BCUT2D eigenvalue weighted by atomic mass is 16.6. The van der Waals surface area contributed by atoms with Crippen molar-refractivity contribution < 1.29 is 14.3 Å². The van der Waals surface area contributed by atoms with E-state index in [1.165, 1.54) is 19.3 Å². The van der Waals surface area contributed by atoms with Gasteiger partial charge in [-0.05, 0) is 58.4 Å². The molecule has 0 aromatic rings. The summed E-state index contributed by atoms with van der Waals surface area (Å²) in [6, 6.07) is 0.452. The van der Waals surface area contributed by atoms with E-state index in [1.54, 1.807) is 0 Å². The first-order valence-corrected chi connectivity index (χ1v) is 8.95. The fourth-order valence-electron chi connectivity index (χ4n) is 3.27. The fraction of sp³-hybridized carbons (Fsp3) is 0.833. The van der Waals surface area contributed by atoms with Gasteiger partial charge in [0.15, 0.2) is 0 Å². The Bertz CT molecular complexity index is 404. The highest BCUT2D eigenvalue weighted by Crippen LogP contribution is 2.24. The second-order valence-corrected chi connectivity index (χ2v) is 7.65. The number of hydrogen-bond acceptors (Lipinski definition) is 4. The van der Waals surface area contributed by atoms with Gasteiger partial charge in [-0.1, -0.05) is 12.8 Å². The number of amides is 1. The molecule has 2 rings (SSSR count). The summed E-state index contributed by atoms with van der Waals surface area (Å²) in [7, 11) is 0. The summed E-state index contributed by atoms with van der Waals surface area (Å²) in [6.45, 7) is 7.22. The molecular weight excluding hydrogens is 292 g/mol. The molecule has 0 radical (unpaired) electrons. The lowest BCUT2D eigenvalue weighted by Gasteiger charge is -2.34. The summed E-state index contributed by atoms with van der Waals surface area (Å²) < 4.78 is 10.9. The third-order valence-electron chi connectivity index (χ3n) is 4.45. The van der Waals surface area contributed by atoms with Crippen LogP contribution in [0, 0.1) is 5.92 Å². The molecule has 23 heavy (non-hydrogen) atoms. The Morgan fingerprint density at radius 3 is 2.70 bits per heavy atom. The highest BCUT2D eigenvalue weighted by molar-refractivity contribution is 5.67. The number of alkyl carbamates (subject to hydrolysis) is 1. The number of carbonyl (C=O) groups excluding carboxylic acids is 1. The van der Waals surface area contributed by atoms with Crippen LogP contribution in [0.25, 0.3) is 0 Å². The van der Waals surface area contributed by atoms with Crippen molar-refractivity contribution in [1.82, 2.24) is 10.6 Å². The zero-order chi connectivity index (χ0) is 16.7. The van der Waals surface area contributed by atoms with E-state index >= 15 is 0 Å². The molecule has 2 aliphatic rings. The van der Waals surface area contributed by atoms with Crippen LogP contribution in [0.5, 0.6) is 0 Å². The maximum atomic E-state index is 11.8. The Balaban J connectivity index is 1.74. The van der Waals surface area contributed by atoms with Crippen LogP contribution in [0.2, 0.25) is 0 Å². The molecule has 0 aromatic carbocycles. The molecule has 1 fully saturated rings. The molecule has 0 bridgehead atoms. The normalized spacial score (nSPS) is 28.0. The average molecular weight is 324 g/mol. The van der Waals surface area contributed by atoms with E-state index < -0.39 is 5.60 Å². The average Bonchev–Trinajstić information content (AvgIpc) is 2.51. The number of nitrogens with one attached hydrogen (secondary N) is 2. The van der Waals surface area contributed by atoms with E-state index in [0.717, 1.165) is 25.8 Å². The highest BCUT2D eigenvalue weighted by Gasteiger charge is 2.27. The first-order valence-electron chi connectivity index (χ1n) is 8.95. The van der Waals surface area contributed by atoms with Gasteiger partial charge in [0.25, 0.3) is 0 Å². The monoisotopic (exact) mass is 324 g/mol. The lowest BCUT2D eigenvalue weighted by Crippen LogP contribution is -2.47. The van der Waals surface area contributed by atoms with Gasteiger partial charge in [-0.25, -0.2) is 4.79 Å². The lowest BCUT2D eigenvalue weighted by atomic mass is 9.84. The van der Waals surface area contributed by atoms with Crippen LogP contribution in [0.4, 0.5) is 4.79 Å². The first-order chi connectivity index (χ1) is 10.9. The van der Waals surface area contributed by atoms with Gasteiger partial charge in [0, 0.05) is 19.1 Å². The molecular formula is C18H32N2O3. The molecule has 0 saturated heterocycles. The number of hydrogen-bond donors (Lipinski definition) is 2. The van der Waals surface area contributed by atoms with E-state index in [0.29, 0.717) is 18.5 Å². The summed E-state index contributed by atoms with van der Waals surface area (Å²) in [5.41, 5.74) is -0.444. The van der Waals surface area contributed by atoms with Gasteiger partial charge >= 0.3 is 6.09 Å². The molecule has 0 spiro atoms. The third-order valence-corrected chi connectivity index (χ3v) is 4.45. The first kappa shape index (κ1) is 18.1. The van der Waals surface area contributed by atoms with Crippen molar-refractivity contribution in [2.75, 3.05) is 13.1 Å². The molecule has 1 amide bonds. The summed E-state index contributed by atoms with van der Waals surface area (Å²) in [4.78, 5) is 11.8. The van der Waals surface area contributed by atoms with Crippen LogP contribution >= 0.6 is 0 Å². The summed E-state index contributed by atoms with van der Waals surface area (Å²) in [6.07, 6.45) is 10.8. The Morgan fingerprint density at radius 1 is 1.22 bits per heavy atom. The zero-order valence-corrected chi connectivity index (χ0v) is 14.8. The van der Waals surface area contributed by atoms with Gasteiger partial charge in [0.1, 0.15) is 11.7 Å². The van der Waals surface area contributed by atoms with Gasteiger partial charge in [0.2, 0.25) is 0 Å². The predicted molar refractivity (Wildman–Crippen MR) is 91.2 cm³/mol. The van der Waals surface area contributed by atoms with Crippen molar-refractivity contribution in [3.05, 3.63) is 12.3 Å². The molecule has 5 nitrogen and oxygen atoms in total. The summed E-state index contributed by atoms with van der Waals surface area (Å²) in [5.74, 6) is 0.468. The van der Waals surface area contributed by atoms with Crippen LogP contribution in [-0.2, 0) is 9.47 Å². The van der Waals surface area contributed by atoms with Crippen LogP contribution in [0.15, 0.2) is 12.3 Å². The summed E-state index contributed by atoms with van der Waals surface area (Å²) >= 11 is 0. The van der Waals surface area contributed by atoms with E-state index in [2.05, 4.69) is 16.7 Å². The third kappa shape index (κ3) is 6.81. The van der Waals surface area contributed by atoms with Crippen molar-refractivity contribution >= 4 is 6.09 Å². The largest absolute Gasteiger partial charge is 0.497 e. The van der Waals surface area contributed by atoms with E-state index in [1.807, 2.05) is 27.0 Å². The van der Waals surface area contributed by atoms with Gasteiger partial charge < -0.3 is 20.1 Å². The molecule has 3 unspecified atom stereocenters. The lowest BCUT2D eigenvalue weighted by molar-refractivity contribution is 0.0507. The van der Waals surface area contributed by atoms with Crippen molar-refractivity contribution in [2.45, 2.75) is 77.0 Å². The second-order valence-electron chi connectivity index (χ2n) is 7.65. The Kier molecular flexibility index (Phi) is 6.75. The minimum absolute atomic E-state index is 0.279. The molecule has 1 saturated carbocycles. The standard InChI is InChI=1S/C18H32N2O3/c1-18(2,3)23-17(21)20-12-14-8-4-5-10-16(14)19-13-15-9-6-7-11-22-15/h7,11,14-16,19H,4-6,8-10,12-13H2,1-3H3,(H,20,21). The van der Waals surface area contributed by atoms with Crippen LogP contribution in [0.3, 0.4) is 0 Å². The SMILES string of the molecule is CC(C)(C)OC(=O)NCC1CCCCC1NCC1CCC=CO1.